The number of nitrogens with one attached hydrogen (secondary N) is 2. The number of rotatable bonds is 7. The monoisotopic (exact) mass is 272 g/mol. The van der Waals surface area contributed by atoms with Crippen LogP contribution < -0.4 is 10.6 Å². The Morgan fingerprint density at radius 1 is 1.21 bits per heavy atom. The number of carboxylic acid groups (broad SMARTS) is 1. The average Bonchev–Trinajstić information content (AvgIpc) is 2.85. The number of ether oxygens (including phenoxy) is 1. The molecule has 0 aliphatic heterocycles. The zero-order valence-electron chi connectivity index (χ0n) is 11.0. The second-order valence-corrected chi connectivity index (χ2v) is 4.54. The molecule has 1 rings (SSSR count). The predicted octanol–water partition coefficient (Wildman–Crippen LogP) is -0.634. The lowest BCUT2D eigenvalue weighted by molar-refractivity contribution is -0.146. The zero-order valence-corrected chi connectivity index (χ0v) is 11.0. The summed E-state index contributed by atoms with van der Waals surface area (Å²) in [5.74, 6) is -2.76. The van der Waals surface area contributed by atoms with Crippen molar-refractivity contribution in [2.75, 3.05) is 26.8 Å². The quantitative estimate of drug-likeness (QED) is 0.535. The van der Waals surface area contributed by atoms with Gasteiger partial charge in [-0.2, -0.15) is 0 Å². The molecule has 1 aliphatic rings. The van der Waals surface area contributed by atoms with Gasteiger partial charge in [-0.15, -0.1) is 0 Å². The molecule has 19 heavy (non-hydrogen) atoms. The van der Waals surface area contributed by atoms with E-state index in [9.17, 15) is 14.4 Å². The molecule has 0 unspecified atom stereocenters. The van der Waals surface area contributed by atoms with Crippen molar-refractivity contribution in [2.45, 2.75) is 19.3 Å². The molecule has 0 spiro atoms. The molecule has 2 atom stereocenters. The van der Waals surface area contributed by atoms with Gasteiger partial charge in [-0.05, 0) is 12.8 Å². The first kappa shape index (κ1) is 15.4. The Balaban J connectivity index is 2.30. The number of carboxylic acids is 1. The molecular weight excluding hydrogens is 252 g/mol. The number of amides is 2. The zero-order chi connectivity index (χ0) is 14.3. The van der Waals surface area contributed by atoms with E-state index in [1.54, 1.807) is 0 Å². The van der Waals surface area contributed by atoms with Gasteiger partial charge < -0.3 is 20.5 Å². The number of hydrogen-bond acceptors (Lipinski definition) is 4. The Kier molecular flexibility index (Phi) is 6.27. The number of carbonyl (C=O) groups is 3. The normalized spacial score (nSPS) is 21.9. The van der Waals surface area contributed by atoms with Gasteiger partial charge in [0, 0.05) is 13.7 Å². The van der Waals surface area contributed by atoms with Crippen LogP contribution in [0.25, 0.3) is 0 Å². The van der Waals surface area contributed by atoms with Gasteiger partial charge in [-0.25, -0.2) is 0 Å². The molecule has 1 saturated carbocycles. The number of hydrogen-bond donors (Lipinski definition) is 3. The van der Waals surface area contributed by atoms with Crippen LogP contribution in [-0.4, -0.2) is 49.7 Å². The van der Waals surface area contributed by atoms with E-state index in [1.165, 1.54) is 7.11 Å². The molecule has 108 valence electrons. The van der Waals surface area contributed by atoms with E-state index in [1.807, 2.05) is 0 Å². The van der Waals surface area contributed by atoms with E-state index in [-0.39, 0.29) is 18.4 Å². The topological polar surface area (TPSA) is 105 Å². The van der Waals surface area contributed by atoms with Gasteiger partial charge >= 0.3 is 5.97 Å². The maximum atomic E-state index is 11.8. The van der Waals surface area contributed by atoms with Crippen molar-refractivity contribution in [3.63, 3.8) is 0 Å². The van der Waals surface area contributed by atoms with E-state index in [0.717, 1.165) is 6.42 Å². The van der Waals surface area contributed by atoms with Crippen LogP contribution in [0.15, 0.2) is 0 Å². The third-order valence-electron chi connectivity index (χ3n) is 3.22. The molecule has 0 radical (unpaired) electrons. The Bertz CT molecular complexity index is 345. The van der Waals surface area contributed by atoms with Crippen molar-refractivity contribution in [1.29, 1.82) is 0 Å². The maximum absolute atomic E-state index is 11.8. The van der Waals surface area contributed by atoms with Gasteiger partial charge in [0.15, 0.2) is 0 Å². The first-order chi connectivity index (χ1) is 9.06. The summed E-state index contributed by atoms with van der Waals surface area (Å²) in [5, 5.41) is 14.0. The van der Waals surface area contributed by atoms with Crippen LogP contribution in [0.3, 0.4) is 0 Å². The molecule has 0 saturated heterocycles. The van der Waals surface area contributed by atoms with E-state index in [4.69, 9.17) is 9.84 Å². The first-order valence-corrected chi connectivity index (χ1v) is 6.32. The molecule has 7 nitrogen and oxygen atoms in total. The summed E-state index contributed by atoms with van der Waals surface area (Å²) >= 11 is 0. The largest absolute Gasteiger partial charge is 0.481 e. The van der Waals surface area contributed by atoms with Gasteiger partial charge in [-0.3, -0.25) is 14.4 Å². The van der Waals surface area contributed by atoms with Crippen LogP contribution in [0.2, 0.25) is 0 Å². The van der Waals surface area contributed by atoms with Crippen molar-refractivity contribution in [1.82, 2.24) is 10.6 Å². The SMILES string of the molecule is COCCNC(=O)CNC(=O)[C@@H]1CCC[C@@H]1C(=O)O. The maximum Gasteiger partial charge on any atom is 0.307 e. The molecule has 1 aliphatic carbocycles. The van der Waals surface area contributed by atoms with Crippen molar-refractivity contribution in [2.24, 2.45) is 11.8 Å². The van der Waals surface area contributed by atoms with Gasteiger partial charge in [-0.1, -0.05) is 6.42 Å². The Labute approximate surface area is 111 Å². The summed E-state index contributed by atoms with van der Waals surface area (Å²) in [4.78, 5) is 34.1. The van der Waals surface area contributed by atoms with E-state index >= 15 is 0 Å². The molecule has 0 heterocycles. The summed E-state index contributed by atoms with van der Waals surface area (Å²) in [5.41, 5.74) is 0. The van der Waals surface area contributed by atoms with E-state index in [0.29, 0.717) is 26.0 Å². The fourth-order valence-electron chi connectivity index (χ4n) is 2.22. The minimum absolute atomic E-state index is 0.134. The summed E-state index contributed by atoms with van der Waals surface area (Å²) in [6.45, 7) is 0.654. The van der Waals surface area contributed by atoms with Crippen LogP contribution in [0.1, 0.15) is 19.3 Å². The van der Waals surface area contributed by atoms with Gasteiger partial charge in [0.2, 0.25) is 11.8 Å². The average molecular weight is 272 g/mol. The fourth-order valence-corrected chi connectivity index (χ4v) is 2.22. The Morgan fingerprint density at radius 3 is 2.53 bits per heavy atom. The van der Waals surface area contributed by atoms with Crippen molar-refractivity contribution in [3.8, 4) is 0 Å². The molecular formula is C12H20N2O5. The van der Waals surface area contributed by atoms with Gasteiger partial charge in [0.25, 0.3) is 0 Å². The molecule has 0 bridgehead atoms. The van der Waals surface area contributed by atoms with Gasteiger partial charge in [0.1, 0.15) is 0 Å². The molecule has 2 amide bonds. The Hall–Kier alpha value is -1.63. The van der Waals surface area contributed by atoms with Crippen LogP contribution in [0, 0.1) is 11.8 Å². The number of aliphatic carboxylic acids is 1. The van der Waals surface area contributed by atoms with Gasteiger partial charge in [0.05, 0.1) is 25.0 Å². The second-order valence-electron chi connectivity index (χ2n) is 4.54. The van der Waals surface area contributed by atoms with Crippen LogP contribution in [0.4, 0.5) is 0 Å². The molecule has 0 aromatic carbocycles. The predicted molar refractivity (Wildman–Crippen MR) is 66.4 cm³/mol. The van der Waals surface area contributed by atoms with Crippen LogP contribution in [0.5, 0.6) is 0 Å². The number of carbonyl (C=O) groups excluding carboxylic acids is 2. The lowest BCUT2D eigenvalue weighted by Crippen LogP contribution is -2.42. The molecule has 3 N–H and O–H groups in total. The third kappa shape index (κ3) is 4.86. The van der Waals surface area contributed by atoms with Crippen molar-refractivity contribution in [3.05, 3.63) is 0 Å². The highest BCUT2D eigenvalue weighted by Gasteiger charge is 2.37. The molecule has 1 fully saturated rings. The summed E-state index contributed by atoms with van der Waals surface area (Å²) in [6, 6.07) is 0. The summed E-state index contributed by atoms with van der Waals surface area (Å²) in [6.07, 6.45) is 1.82. The van der Waals surface area contributed by atoms with Crippen molar-refractivity contribution < 1.29 is 24.2 Å². The standard InChI is InChI=1S/C12H20N2O5/c1-19-6-5-13-10(15)7-14-11(16)8-3-2-4-9(8)12(17)18/h8-9H,2-7H2,1H3,(H,13,15)(H,14,16)(H,17,18)/t8-,9+/m1/s1. The highest BCUT2D eigenvalue weighted by Crippen LogP contribution is 2.31. The molecule has 0 aromatic rings. The lowest BCUT2D eigenvalue weighted by atomic mass is 9.95. The Morgan fingerprint density at radius 2 is 1.89 bits per heavy atom. The smallest absolute Gasteiger partial charge is 0.307 e. The summed E-state index contributed by atoms with van der Waals surface area (Å²) in [7, 11) is 1.53. The second kappa shape index (κ2) is 7.73. The lowest BCUT2D eigenvalue weighted by Gasteiger charge is -2.15. The van der Waals surface area contributed by atoms with E-state index < -0.39 is 17.8 Å². The minimum Gasteiger partial charge on any atom is -0.481 e. The molecule has 7 heteroatoms. The summed E-state index contributed by atoms with van der Waals surface area (Å²) < 4.78 is 4.77. The first-order valence-electron chi connectivity index (χ1n) is 6.32. The van der Waals surface area contributed by atoms with Crippen molar-refractivity contribution >= 4 is 17.8 Å². The van der Waals surface area contributed by atoms with Crippen LogP contribution >= 0.6 is 0 Å². The molecule has 0 aromatic heterocycles. The van der Waals surface area contributed by atoms with E-state index in [2.05, 4.69) is 10.6 Å². The number of methoxy groups -OCH3 is 1. The minimum atomic E-state index is -0.942. The highest BCUT2D eigenvalue weighted by atomic mass is 16.5. The van der Waals surface area contributed by atoms with Crippen LogP contribution in [-0.2, 0) is 19.1 Å². The fraction of sp³-hybridized carbons (Fsp3) is 0.750. The highest BCUT2D eigenvalue weighted by molar-refractivity contribution is 5.88. The third-order valence-corrected chi connectivity index (χ3v) is 3.22.